The molecular formula is C12H25NO2. The maximum absolute atomic E-state index is 5.52. The minimum atomic E-state index is 0.730. The second-order valence-corrected chi connectivity index (χ2v) is 4.54. The minimum absolute atomic E-state index is 0.730. The summed E-state index contributed by atoms with van der Waals surface area (Å²) in [6, 6.07) is 0.829. The molecule has 0 heterocycles. The van der Waals surface area contributed by atoms with Gasteiger partial charge in [-0.1, -0.05) is 6.92 Å². The minimum Gasteiger partial charge on any atom is -0.385 e. The van der Waals surface area contributed by atoms with Crippen molar-refractivity contribution in [1.82, 2.24) is 5.32 Å². The van der Waals surface area contributed by atoms with Gasteiger partial charge in [-0.3, -0.25) is 0 Å². The third-order valence-corrected chi connectivity index (χ3v) is 2.72. The van der Waals surface area contributed by atoms with Crippen molar-refractivity contribution >= 4 is 0 Å². The van der Waals surface area contributed by atoms with Crippen LogP contribution in [0.2, 0.25) is 0 Å². The Bertz CT molecular complexity index is 149. The molecule has 0 aromatic carbocycles. The molecule has 0 radical (unpaired) electrons. The van der Waals surface area contributed by atoms with E-state index in [1.165, 1.54) is 12.8 Å². The summed E-state index contributed by atoms with van der Waals surface area (Å²) in [7, 11) is 1.73. The fourth-order valence-corrected chi connectivity index (χ4v) is 1.45. The topological polar surface area (TPSA) is 30.5 Å². The highest BCUT2D eigenvalue weighted by Crippen LogP contribution is 2.19. The van der Waals surface area contributed by atoms with Gasteiger partial charge in [0.2, 0.25) is 0 Å². The quantitative estimate of drug-likeness (QED) is 0.564. The first kappa shape index (κ1) is 12.9. The first-order chi connectivity index (χ1) is 7.33. The van der Waals surface area contributed by atoms with Crippen LogP contribution in [-0.4, -0.2) is 39.5 Å². The Morgan fingerprint density at radius 1 is 1.27 bits per heavy atom. The molecule has 1 saturated carbocycles. The smallest absolute Gasteiger partial charge is 0.0487 e. The molecule has 1 rings (SSSR count). The summed E-state index contributed by atoms with van der Waals surface area (Å²) >= 11 is 0. The molecule has 0 aromatic heterocycles. The molecule has 3 nitrogen and oxygen atoms in total. The van der Waals surface area contributed by atoms with Crippen LogP contribution in [0.1, 0.15) is 32.6 Å². The van der Waals surface area contributed by atoms with Crippen LogP contribution in [0.4, 0.5) is 0 Å². The van der Waals surface area contributed by atoms with Crippen LogP contribution < -0.4 is 5.32 Å². The van der Waals surface area contributed by atoms with Gasteiger partial charge in [-0.2, -0.15) is 0 Å². The van der Waals surface area contributed by atoms with Crippen LogP contribution in [0.5, 0.6) is 0 Å². The molecule has 0 aromatic rings. The lowest BCUT2D eigenvalue weighted by atomic mass is 10.1. The molecule has 1 unspecified atom stereocenters. The van der Waals surface area contributed by atoms with Crippen LogP contribution in [-0.2, 0) is 9.47 Å². The fourth-order valence-electron chi connectivity index (χ4n) is 1.45. The summed E-state index contributed by atoms with van der Waals surface area (Å²) in [5.41, 5.74) is 0. The van der Waals surface area contributed by atoms with Crippen molar-refractivity contribution in [3.8, 4) is 0 Å². The average Bonchev–Trinajstić information content (AvgIpc) is 3.04. The second kappa shape index (κ2) is 8.08. The van der Waals surface area contributed by atoms with Gasteiger partial charge < -0.3 is 14.8 Å². The molecule has 1 N–H and O–H groups in total. The fraction of sp³-hybridized carbons (Fsp3) is 1.00. The van der Waals surface area contributed by atoms with E-state index in [-0.39, 0.29) is 0 Å². The van der Waals surface area contributed by atoms with Gasteiger partial charge in [0.15, 0.2) is 0 Å². The van der Waals surface area contributed by atoms with E-state index in [1.54, 1.807) is 7.11 Å². The van der Waals surface area contributed by atoms with Crippen LogP contribution in [0.3, 0.4) is 0 Å². The Balaban J connectivity index is 1.77. The maximum Gasteiger partial charge on any atom is 0.0487 e. The third kappa shape index (κ3) is 7.77. The zero-order valence-corrected chi connectivity index (χ0v) is 10.1. The number of rotatable bonds is 10. The molecule has 1 aliphatic carbocycles. The number of hydrogen-bond acceptors (Lipinski definition) is 3. The molecular weight excluding hydrogens is 190 g/mol. The number of methoxy groups -OCH3 is 1. The van der Waals surface area contributed by atoms with Crippen LogP contribution in [0, 0.1) is 5.92 Å². The van der Waals surface area contributed by atoms with Gasteiger partial charge in [-0.15, -0.1) is 0 Å². The lowest BCUT2D eigenvalue weighted by Crippen LogP contribution is -2.23. The number of ether oxygens (including phenoxy) is 2. The molecule has 0 amide bonds. The summed E-state index contributed by atoms with van der Waals surface area (Å²) in [5.74, 6) is 0.730. The van der Waals surface area contributed by atoms with Gasteiger partial charge in [0.05, 0.1) is 0 Å². The summed E-state index contributed by atoms with van der Waals surface area (Å²) < 4.78 is 10.5. The lowest BCUT2D eigenvalue weighted by molar-refractivity contribution is 0.0948. The van der Waals surface area contributed by atoms with E-state index in [9.17, 15) is 0 Å². The SMILES string of the molecule is COCCCOCCC(C)CNC1CC1. The van der Waals surface area contributed by atoms with E-state index in [1.807, 2.05) is 0 Å². The first-order valence-electron chi connectivity index (χ1n) is 6.13. The van der Waals surface area contributed by atoms with E-state index in [0.717, 1.165) is 51.2 Å². The van der Waals surface area contributed by atoms with E-state index in [4.69, 9.17) is 9.47 Å². The number of hydrogen-bond donors (Lipinski definition) is 1. The van der Waals surface area contributed by atoms with Crippen LogP contribution in [0.25, 0.3) is 0 Å². The Labute approximate surface area is 93.5 Å². The Morgan fingerprint density at radius 3 is 2.73 bits per heavy atom. The normalized spacial score (nSPS) is 18.0. The van der Waals surface area contributed by atoms with E-state index in [0.29, 0.717) is 0 Å². The van der Waals surface area contributed by atoms with E-state index < -0.39 is 0 Å². The van der Waals surface area contributed by atoms with E-state index in [2.05, 4.69) is 12.2 Å². The largest absolute Gasteiger partial charge is 0.385 e. The van der Waals surface area contributed by atoms with Gasteiger partial charge in [-0.25, -0.2) is 0 Å². The van der Waals surface area contributed by atoms with Crippen molar-refractivity contribution < 1.29 is 9.47 Å². The molecule has 1 aliphatic rings. The lowest BCUT2D eigenvalue weighted by Gasteiger charge is -2.12. The highest BCUT2D eigenvalue weighted by atomic mass is 16.5. The molecule has 15 heavy (non-hydrogen) atoms. The van der Waals surface area contributed by atoms with E-state index >= 15 is 0 Å². The van der Waals surface area contributed by atoms with Crippen molar-refractivity contribution in [2.24, 2.45) is 5.92 Å². The van der Waals surface area contributed by atoms with Crippen molar-refractivity contribution in [3.05, 3.63) is 0 Å². The number of nitrogens with one attached hydrogen (secondary N) is 1. The van der Waals surface area contributed by atoms with Gasteiger partial charge in [0, 0.05) is 33.0 Å². The molecule has 0 aliphatic heterocycles. The van der Waals surface area contributed by atoms with Crippen molar-refractivity contribution in [2.75, 3.05) is 33.5 Å². The Morgan fingerprint density at radius 2 is 2.07 bits per heavy atom. The summed E-state index contributed by atoms with van der Waals surface area (Å²) in [6.45, 7) is 5.95. The van der Waals surface area contributed by atoms with Gasteiger partial charge in [0.1, 0.15) is 0 Å². The maximum atomic E-state index is 5.52. The molecule has 0 saturated heterocycles. The first-order valence-corrected chi connectivity index (χ1v) is 6.13. The van der Waals surface area contributed by atoms with Gasteiger partial charge in [-0.05, 0) is 38.1 Å². The monoisotopic (exact) mass is 215 g/mol. The zero-order valence-electron chi connectivity index (χ0n) is 10.1. The second-order valence-electron chi connectivity index (χ2n) is 4.54. The summed E-state index contributed by atoms with van der Waals surface area (Å²) in [4.78, 5) is 0. The molecule has 0 spiro atoms. The van der Waals surface area contributed by atoms with Gasteiger partial charge in [0.25, 0.3) is 0 Å². The average molecular weight is 215 g/mol. The Hall–Kier alpha value is -0.120. The van der Waals surface area contributed by atoms with Crippen LogP contribution in [0.15, 0.2) is 0 Å². The Kier molecular flexibility index (Phi) is 6.98. The predicted molar refractivity (Wildman–Crippen MR) is 62.1 cm³/mol. The molecule has 3 heteroatoms. The van der Waals surface area contributed by atoms with Crippen LogP contribution >= 0.6 is 0 Å². The molecule has 0 bridgehead atoms. The molecule has 1 fully saturated rings. The molecule has 90 valence electrons. The predicted octanol–water partition coefficient (Wildman–Crippen LogP) is 1.82. The summed E-state index contributed by atoms with van der Waals surface area (Å²) in [5, 5.41) is 3.54. The highest BCUT2D eigenvalue weighted by Gasteiger charge is 2.20. The standard InChI is InChI=1S/C12H25NO2/c1-11(10-13-12-4-5-12)6-9-15-8-3-7-14-2/h11-13H,3-10H2,1-2H3. The molecule has 1 atom stereocenters. The van der Waals surface area contributed by atoms with Crippen molar-refractivity contribution in [2.45, 2.75) is 38.6 Å². The third-order valence-electron chi connectivity index (χ3n) is 2.72. The summed E-state index contributed by atoms with van der Waals surface area (Å²) in [6.07, 6.45) is 4.92. The van der Waals surface area contributed by atoms with Gasteiger partial charge >= 0.3 is 0 Å². The van der Waals surface area contributed by atoms with Crippen molar-refractivity contribution in [1.29, 1.82) is 0 Å². The van der Waals surface area contributed by atoms with Crippen molar-refractivity contribution in [3.63, 3.8) is 0 Å². The highest BCUT2D eigenvalue weighted by molar-refractivity contribution is 4.81. The zero-order chi connectivity index (χ0) is 10.9.